The fraction of sp³-hybridized carbons (Fsp3) is 0.286. The molecule has 10 heteroatoms. The largest absolute Gasteiger partial charge is 0.772 e. The van der Waals surface area contributed by atoms with Gasteiger partial charge in [-0.15, -0.1) is 0 Å². The van der Waals surface area contributed by atoms with Gasteiger partial charge >= 0.3 is 6.18 Å². The van der Waals surface area contributed by atoms with E-state index in [4.69, 9.17) is 0 Å². The number of hydrogen-bond acceptors (Lipinski definition) is 4. The summed E-state index contributed by atoms with van der Waals surface area (Å²) in [7, 11) is 1.38. The molecule has 0 bridgehead atoms. The molecule has 0 radical (unpaired) electrons. The van der Waals surface area contributed by atoms with Crippen molar-refractivity contribution in [2.45, 2.75) is 18.9 Å². The number of hydrogen-bond donors (Lipinski definition) is 1. The Bertz CT molecular complexity index is 883. The molecule has 1 N–H and O–H groups in total. The third kappa shape index (κ3) is 3.49. The maximum atomic E-state index is 12.8. The molecule has 0 aliphatic heterocycles. The van der Waals surface area contributed by atoms with Crippen LogP contribution in [0.25, 0.3) is 0 Å². The number of ketones is 1. The monoisotopic (exact) mass is 361 g/mol. The number of benzene rings is 1. The van der Waals surface area contributed by atoms with Gasteiger partial charge in [0.05, 0.1) is 5.56 Å². The molecule has 24 heavy (non-hydrogen) atoms. The minimum Gasteiger partial charge on any atom is -0.772 e. The van der Waals surface area contributed by atoms with Crippen LogP contribution in [0, 0.1) is 6.92 Å². The molecule has 0 spiro atoms. The van der Waals surface area contributed by atoms with E-state index in [1.54, 1.807) is 0 Å². The summed E-state index contributed by atoms with van der Waals surface area (Å²) >= 11 is -2.70. The quantitative estimate of drug-likeness (QED) is 0.662. The average molecular weight is 361 g/mol. The number of carbonyl (C=O) groups excluding carboxylic acids is 1. The summed E-state index contributed by atoms with van der Waals surface area (Å²) in [6.07, 6.45) is -4.68. The van der Waals surface area contributed by atoms with Crippen LogP contribution in [-0.4, -0.2) is 24.3 Å². The second-order valence-electron chi connectivity index (χ2n) is 5.12. The van der Waals surface area contributed by atoms with Crippen LogP contribution in [0.1, 0.15) is 32.7 Å². The van der Waals surface area contributed by atoms with E-state index >= 15 is 0 Å². The molecule has 2 rings (SSSR count). The lowest BCUT2D eigenvalue weighted by Crippen LogP contribution is -2.21. The number of carbonyl (C=O) groups is 1. The van der Waals surface area contributed by atoms with Crippen LogP contribution in [0.15, 0.2) is 23.0 Å². The molecule has 0 aliphatic rings. The van der Waals surface area contributed by atoms with E-state index in [9.17, 15) is 31.5 Å². The van der Waals surface area contributed by atoms with Gasteiger partial charge in [0.1, 0.15) is 5.56 Å². The summed E-state index contributed by atoms with van der Waals surface area (Å²) in [5.74, 6) is -1.60. The molecule has 2 aromatic rings. The van der Waals surface area contributed by atoms with E-state index in [0.29, 0.717) is 12.1 Å². The predicted octanol–water partition coefficient (Wildman–Crippen LogP) is 1.65. The lowest BCUT2D eigenvalue weighted by molar-refractivity contribution is -0.137. The average Bonchev–Trinajstić information content (AvgIpc) is 2.69. The summed E-state index contributed by atoms with van der Waals surface area (Å²) in [6.45, 7) is 1.46. The highest BCUT2D eigenvalue weighted by Crippen LogP contribution is 2.31. The first-order chi connectivity index (χ1) is 11.0. The second-order valence-corrected chi connectivity index (χ2v) is 6.02. The number of aryl methyl sites for hydroxylation is 2. The van der Waals surface area contributed by atoms with Gasteiger partial charge in [-0.05, 0) is 24.6 Å². The molecule has 1 unspecified atom stereocenters. The van der Waals surface area contributed by atoms with E-state index in [1.807, 2.05) is 0 Å². The number of alkyl halides is 3. The van der Waals surface area contributed by atoms with Crippen LogP contribution in [0.3, 0.4) is 0 Å². The highest BCUT2D eigenvalue weighted by Gasteiger charge is 2.32. The first kappa shape index (κ1) is 18.1. The van der Waals surface area contributed by atoms with E-state index in [0.717, 1.165) is 10.7 Å². The van der Waals surface area contributed by atoms with Crippen molar-refractivity contribution in [1.82, 2.24) is 9.78 Å². The van der Waals surface area contributed by atoms with Gasteiger partial charge in [-0.2, -0.15) is 13.2 Å². The van der Waals surface area contributed by atoms with Crippen molar-refractivity contribution in [2.24, 2.45) is 7.05 Å². The molecule has 1 heterocycles. The minimum atomic E-state index is -4.68. The van der Waals surface area contributed by atoms with Crippen molar-refractivity contribution in [3.05, 3.63) is 56.5 Å². The van der Waals surface area contributed by atoms with Gasteiger partial charge in [0.2, 0.25) is 5.78 Å². The van der Waals surface area contributed by atoms with Gasteiger partial charge in [0.15, 0.2) is 0 Å². The van der Waals surface area contributed by atoms with Gasteiger partial charge in [-0.1, -0.05) is 17.1 Å². The Hall–Kier alpha value is -2.20. The van der Waals surface area contributed by atoms with Crippen molar-refractivity contribution in [1.29, 1.82) is 0 Å². The molecule has 0 saturated carbocycles. The van der Waals surface area contributed by atoms with Crippen LogP contribution < -0.4 is 5.56 Å². The number of nitrogens with one attached hydrogen (secondary N) is 1. The summed E-state index contributed by atoms with van der Waals surface area (Å²) in [4.78, 5) is 24.5. The predicted molar refractivity (Wildman–Crippen MR) is 78.3 cm³/mol. The van der Waals surface area contributed by atoms with Gasteiger partial charge in [0.25, 0.3) is 5.56 Å². The smallest absolute Gasteiger partial charge is 0.416 e. The molecule has 130 valence electrons. The maximum absolute atomic E-state index is 12.8. The van der Waals surface area contributed by atoms with Crippen molar-refractivity contribution in [3.63, 3.8) is 0 Å². The number of aromatic amines is 1. The van der Waals surface area contributed by atoms with Crippen LogP contribution in [0.2, 0.25) is 0 Å². The lowest BCUT2D eigenvalue weighted by Gasteiger charge is -2.14. The Morgan fingerprint density at radius 3 is 2.46 bits per heavy atom. The number of aromatic nitrogens is 2. The lowest BCUT2D eigenvalue weighted by atomic mass is 9.97. The zero-order valence-corrected chi connectivity index (χ0v) is 13.4. The highest BCUT2D eigenvalue weighted by atomic mass is 32.2. The molecule has 0 aliphatic carbocycles. The van der Waals surface area contributed by atoms with E-state index in [-0.39, 0.29) is 22.4 Å². The Morgan fingerprint density at radius 1 is 1.38 bits per heavy atom. The normalized spacial score (nSPS) is 13.1. The van der Waals surface area contributed by atoms with E-state index < -0.39 is 39.9 Å². The molecule has 1 aromatic heterocycles. The summed E-state index contributed by atoms with van der Waals surface area (Å²) in [5, 5.41) is 2.60. The van der Waals surface area contributed by atoms with Gasteiger partial charge in [-0.3, -0.25) is 23.6 Å². The number of halogens is 3. The zero-order valence-electron chi connectivity index (χ0n) is 12.6. The summed E-state index contributed by atoms with van der Waals surface area (Å²) < 4.78 is 61.3. The molecule has 1 atom stereocenters. The molecule has 0 amide bonds. The Labute approximate surface area is 136 Å². The summed E-state index contributed by atoms with van der Waals surface area (Å²) in [6, 6.07) is 2.17. The Morgan fingerprint density at radius 2 is 2.00 bits per heavy atom. The third-order valence-corrected chi connectivity index (χ3v) is 3.95. The van der Waals surface area contributed by atoms with Crippen molar-refractivity contribution >= 4 is 16.9 Å². The molecular formula is C14H12F3N2O4S-. The molecule has 6 nitrogen and oxygen atoms in total. The van der Waals surface area contributed by atoms with Crippen molar-refractivity contribution < 1.29 is 26.7 Å². The Kier molecular flexibility index (Phi) is 4.81. The van der Waals surface area contributed by atoms with Crippen molar-refractivity contribution in [2.75, 3.05) is 0 Å². The number of nitrogens with zero attached hydrogens (tertiary/aromatic N) is 1. The number of H-pyrrole nitrogens is 1. The fourth-order valence-electron chi connectivity index (χ4n) is 2.33. The molecular weight excluding hydrogens is 349 g/mol. The van der Waals surface area contributed by atoms with Crippen LogP contribution in [-0.2, 0) is 30.1 Å². The van der Waals surface area contributed by atoms with Gasteiger partial charge in [-0.25, -0.2) is 0 Å². The number of rotatable bonds is 4. The van der Waals surface area contributed by atoms with Gasteiger partial charge < -0.3 is 4.55 Å². The maximum Gasteiger partial charge on any atom is 0.416 e. The zero-order chi connectivity index (χ0) is 18.2. The van der Waals surface area contributed by atoms with E-state index in [2.05, 4.69) is 5.10 Å². The van der Waals surface area contributed by atoms with Gasteiger partial charge in [0, 0.05) is 24.1 Å². The minimum absolute atomic E-state index is 0.238. The highest BCUT2D eigenvalue weighted by molar-refractivity contribution is 7.78. The van der Waals surface area contributed by atoms with Crippen molar-refractivity contribution in [3.8, 4) is 0 Å². The fourth-order valence-corrected chi connectivity index (χ4v) is 2.82. The second kappa shape index (κ2) is 6.36. The Balaban J connectivity index is 2.62. The first-order valence-corrected chi connectivity index (χ1v) is 7.83. The third-order valence-electron chi connectivity index (χ3n) is 3.41. The first-order valence-electron chi connectivity index (χ1n) is 6.58. The topological polar surface area (TPSA) is 95.0 Å². The van der Waals surface area contributed by atoms with Crippen LogP contribution >= 0.6 is 0 Å². The molecule has 1 aromatic carbocycles. The standard InChI is InChI=1S/C14H13F3N2O4S/c1-7-11(13(21)19(2)18-7)12(20)10-4-3-9(14(15,16)17)5-8(10)6-24(22)23/h3-5,18H,6H2,1-2H3,(H,22,23)/p-1. The summed E-state index contributed by atoms with van der Waals surface area (Å²) in [5.41, 5.74) is -2.29. The SMILES string of the molecule is Cc1[nH]n(C)c(=O)c1C(=O)c1ccc(C(F)(F)F)cc1CS(=O)[O-]. The van der Waals surface area contributed by atoms with E-state index in [1.165, 1.54) is 14.0 Å². The molecule has 0 fully saturated rings. The van der Waals surface area contributed by atoms with Crippen LogP contribution in [0.4, 0.5) is 13.2 Å². The van der Waals surface area contributed by atoms with Crippen LogP contribution in [0.5, 0.6) is 0 Å². The molecule has 0 saturated heterocycles.